The van der Waals surface area contributed by atoms with Crippen LogP contribution < -0.4 is 5.32 Å². The number of hydrogen-bond donors (Lipinski definition) is 1. The molecule has 5 heteroatoms. The first-order valence-corrected chi connectivity index (χ1v) is 7.24. The maximum absolute atomic E-state index is 13.6. The average molecular weight is 467 g/mol. The molecular formula is C13H8FI2NO. The second-order valence-corrected chi connectivity index (χ2v) is 6.08. The first-order chi connectivity index (χ1) is 8.56. The second-order valence-electron chi connectivity index (χ2n) is 3.59. The standard InChI is InChI=1S/C13H8FI2NO/c14-11-7-10(16)4-5-12(11)17-13(18)8-2-1-3-9(15)6-8/h1-7H,(H,17,18). The Hall–Kier alpha value is -0.700. The van der Waals surface area contributed by atoms with Crippen LogP contribution in [0.4, 0.5) is 10.1 Å². The third-order valence-electron chi connectivity index (χ3n) is 2.27. The van der Waals surface area contributed by atoms with E-state index in [-0.39, 0.29) is 11.6 Å². The van der Waals surface area contributed by atoms with Gasteiger partial charge in [-0.2, -0.15) is 0 Å². The highest BCUT2D eigenvalue weighted by molar-refractivity contribution is 14.1. The van der Waals surface area contributed by atoms with E-state index in [1.54, 1.807) is 30.3 Å². The van der Waals surface area contributed by atoms with Crippen molar-refractivity contribution < 1.29 is 9.18 Å². The third-order valence-corrected chi connectivity index (χ3v) is 3.61. The van der Waals surface area contributed by atoms with Crippen LogP contribution in [-0.4, -0.2) is 5.91 Å². The van der Waals surface area contributed by atoms with Gasteiger partial charge >= 0.3 is 0 Å². The number of halogens is 3. The van der Waals surface area contributed by atoms with Gasteiger partial charge in [0.2, 0.25) is 0 Å². The van der Waals surface area contributed by atoms with Crippen molar-refractivity contribution in [3.8, 4) is 0 Å². The Bertz CT molecular complexity index is 601. The van der Waals surface area contributed by atoms with Gasteiger partial charge in [0.25, 0.3) is 5.91 Å². The smallest absolute Gasteiger partial charge is 0.255 e. The third kappa shape index (κ3) is 3.41. The lowest BCUT2D eigenvalue weighted by Gasteiger charge is -2.07. The molecule has 1 amide bonds. The Balaban J connectivity index is 2.21. The van der Waals surface area contributed by atoms with E-state index in [4.69, 9.17) is 0 Å². The van der Waals surface area contributed by atoms with Crippen LogP contribution in [0.5, 0.6) is 0 Å². The van der Waals surface area contributed by atoms with Crippen molar-refractivity contribution in [2.75, 3.05) is 5.32 Å². The predicted octanol–water partition coefficient (Wildman–Crippen LogP) is 4.29. The molecule has 92 valence electrons. The molecule has 18 heavy (non-hydrogen) atoms. The summed E-state index contributed by atoms with van der Waals surface area (Å²) in [6, 6.07) is 11.8. The molecule has 0 aliphatic heterocycles. The van der Waals surface area contributed by atoms with Crippen LogP contribution in [0.2, 0.25) is 0 Å². The highest BCUT2D eigenvalue weighted by atomic mass is 127. The van der Waals surface area contributed by atoms with E-state index in [1.165, 1.54) is 6.07 Å². The number of carbonyl (C=O) groups is 1. The summed E-state index contributed by atoms with van der Waals surface area (Å²) in [6.07, 6.45) is 0. The highest BCUT2D eigenvalue weighted by Gasteiger charge is 2.09. The fourth-order valence-corrected chi connectivity index (χ4v) is 2.41. The summed E-state index contributed by atoms with van der Waals surface area (Å²) in [5.74, 6) is -0.741. The summed E-state index contributed by atoms with van der Waals surface area (Å²) in [4.78, 5) is 11.9. The molecular weight excluding hydrogens is 459 g/mol. The van der Waals surface area contributed by atoms with Crippen molar-refractivity contribution in [2.24, 2.45) is 0 Å². The summed E-state index contributed by atoms with van der Waals surface area (Å²) in [6.45, 7) is 0. The minimum atomic E-state index is -0.430. The molecule has 0 spiro atoms. The van der Waals surface area contributed by atoms with Crippen LogP contribution in [-0.2, 0) is 0 Å². The van der Waals surface area contributed by atoms with Gasteiger partial charge in [-0.3, -0.25) is 4.79 Å². The minimum Gasteiger partial charge on any atom is -0.319 e. The molecule has 0 bridgehead atoms. The first-order valence-electron chi connectivity index (χ1n) is 5.08. The average Bonchev–Trinajstić information content (AvgIpc) is 2.32. The second kappa shape index (κ2) is 5.96. The molecule has 0 atom stereocenters. The van der Waals surface area contributed by atoms with Gasteiger partial charge < -0.3 is 5.32 Å². The van der Waals surface area contributed by atoms with Crippen molar-refractivity contribution in [3.05, 3.63) is 61.0 Å². The predicted molar refractivity (Wildman–Crippen MR) is 86.2 cm³/mol. The van der Waals surface area contributed by atoms with Crippen LogP contribution in [0.1, 0.15) is 10.4 Å². The molecule has 0 saturated carbocycles. The number of nitrogens with one attached hydrogen (secondary N) is 1. The zero-order valence-corrected chi connectivity index (χ0v) is 13.4. The lowest BCUT2D eigenvalue weighted by Crippen LogP contribution is -2.13. The van der Waals surface area contributed by atoms with Gasteiger partial charge in [0, 0.05) is 12.7 Å². The molecule has 0 saturated heterocycles. The SMILES string of the molecule is O=C(Nc1ccc(I)cc1F)c1cccc(I)c1. The molecule has 0 radical (unpaired) electrons. The zero-order valence-electron chi connectivity index (χ0n) is 9.08. The van der Waals surface area contributed by atoms with Crippen LogP contribution in [0.15, 0.2) is 42.5 Å². The number of carbonyl (C=O) groups excluding carboxylic acids is 1. The molecule has 2 aromatic rings. The van der Waals surface area contributed by atoms with Crippen LogP contribution in [0.25, 0.3) is 0 Å². The quantitative estimate of drug-likeness (QED) is 0.657. The summed E-state index contributed by atoms with van der Waals surface area (Å²) in [7, 11) is 0. The maximum Gasteiger partial charge on any atom is 0.255 e. The lowest BCUT2D eigenvalue weighted by atomic mass is 10.2. The van der Waals surface area contributed by atoms with Crippen molar-refractivity contribution in [1.82, 2.24) is 0 Å². The van der Waals surface area contributed by atoms with Crippen LogP contribution in [0.3, 0.4) is 0 Å². The highest BCUT2D eigenvalue weighted by Crippen LogP contribution is 2.18. The summed E-state index contributed by atoms with van der Waals surface area (Å²) in [5.41, 5.74) is 0.708. The fourth-order valence-electron chi connectivity index (χ4n) is 1.42. The van der Waals surface area contributed by atoms with Crippen molar-refractivity contribution >= 4 is 56.8 Å². The lowest BCUT2D eigenvalue weighted by molar-refractivity contribution is 0.102. The van der Waals surface area contributed by atoms with Crippen LogP contribution >= 0.6 is 45.2 Å². The van der Waals surface area contributed by atoms with Gasteiger partial charge in [0.05, 0.1) is 5.69 Å². The number of anilines is 1. The fraction of sp³-hybridized carbons (Fsp3) is 0. The summed E-state index contributed by atoms with van der Waals surface area (Å²) in [5, 5.41) is 2.56. The topological polar surface area (TPSA) is 29.1 Å². The zero-order chi connectivity index (χ0) is 13.1. The Labute approximate surface area is 131 Å². The number of amides is 1. The molecule has 2 nitrogen and oxygen atoms in total. The van der Waals surface area contributed by atoms with Gasteiger partial charge in [-0.05, 0) is 81.6 Å². The molecule has 0 unspecified atom stereocenters. The summed E-state index contributed by atoms with van der Waals surface area (Å²) >= 11 is 4.14. The molecule has 0 aliphatic carbocycles. The van der Waals surface area contributed by atoms with Crippen LogP contribution in [0, 0.1) is 13.0 Å². The Morgan fingerprint density at radius 3 is 2.44 bits per heavy atom. The monoisotopic (exact) mass is 467 g/mol. The number of benzene rings is 2. The molecule has 0 aromatic heterocycles. The molecule has 2 aromatic carbocycles. The van der Waals surface area contributed by atoms with Gasteiger partial charge in [0.1, 0.15) is 5.82 Å². The van der Waals surface area contributed by atoms with E-state index in [0.29, 0.717) is 5.56 Å². The van der Waals surface area contributed by atoms with E-state index in [1.807, 2.05) is 28.7 Å². The van der Waals surface area contributed by atoms with E-state index in [0.717, 1.165) is 7.14 Å². The minimum absolute atomic E-state index is 0.194. The summed E-state index contributed by atoms with van der Waals surface area (Å²) < 4.78 is 15.3. The number of hydrogen-bond acceptors (Lipinski definition) is 1. The Morgan fingerprint density at radius 1 is 1.06 bits per heavy atom. The number of rotatable bonds is 2. The van der Waals surface area contributed by atoms with Crippen molar-refractivity contribution in [3.63, 3.8) is 0 Å². The molecule has 0 aliphatic rings. The molecule has 1 N–H and O–H groups in total. The normalized spacial score (nSPS) is 10.2. The molecule has 0 heterocycles. The van der Waals surface area contributed by atoms with E-state index in [2.05, 4.69) is 27.9 Å². The van der Waals surface area contributed by atoms with Gasteiger partial charge in [-0.15, -0.1) is 0 Å². The molecule has 2 rings (SSSR count). The Kier molecular flexibility index (Phi) is 4.55. The van der Waals surface area contributed by atoms with E-state index in [9.17, 15) is 9.18 Å². The largest absolute Gasteiger partial charge is 0.319 e. The Morgan fingerprint density at radius 2 is 1.78 bits per heavy atom. The maximum atomic E-state index is 13.6. The van der Waals surface area contributed by atoms with Crippen molar-refractivity contribution in [2.45, 2.75) is 0 Å². The molecule has 0 fully saturated rings. The van der Waals surface area contributed by atoms with Gasteiger partial charge in [-0.1, -0.05) is 6.07 Å². The van der Waals surface area contributed by atoms with E-state index >= 15 is 0 Å². The first kappa shape index (κ1) is 13.7. The van der Waals surface area contributed by atoms with Crippen molar-refractivity contribution in [1.29, 1.82) is 0 Å². The van der Waals surface area contributed by atoms with E-state index < -0.39 is 5.82 Å². The van der Waals surface area contributed by atoms with Gasteiger partial charge in [-0.25, -0.2) is 4.39 Å². The van der Waals surface area contributed by atoms with Gasteiger partial charge in [0.15, 0.2) is 0 Å².